The highest BCUT2D eigenvalue weighted by atomic mass is 16.7. The van der Waals surface area contributed by atoms with Gasteiger partial charge in [0.25, 0.3) is 0 Å². The van der Waals surface area contributed by atoms with Gasteiger partial charge < -0.3 is 19.2 Å². The van der Waals surface area contributed by atoms with Crippen molar-refractivity contribution in [2.45, 2.75) is 25.8 Å². The van der Waals surface area contributed by atoms with Crippen LogP contribution in [0.2, 0.25) is 0 Å². The molecule has 128 valence electrons. The van der Waals surface area contributed by atoms with Crippen LogP contribution in [0, 0.1) is 0 Å². The van der Waals surface area contributed by atoms with Gasteiger partial charge in [-0.25, -0.2) is 0 Å². The second kappa shape index (κ2) is 5.51. The summed E-state index contributed by atoms with van der Waals surface area (Å²) in [5.41, 5.74) is 4.54. The predicted octanol–water partition coefficient (Wildman–Crippen LogP) is 2.30. The Morgan fingerprint density at radius 1 is 1.16 bits per heavy atom. The van der Waals surface area contributed by atoms with Gasteiger partial charge in [-0.3, -0.25) is 4.68 Å². The minimum Gasteiger partial charge on any atom is -0.454 e. The molecule has 0 unspecified atom stereocenters. The standard InChI is InChI=1S/C17H17N5O3/c1-22-13(11-3-2-4-12(11)21-22)8-18-17-20-19-16(25-17)10-5-6-14-15(7-10)24-9-23-14/h5-7H,2-4,8-9H2,1H3,(H,18,20). The average Bonchev–Trinajstić information content (AvgIpc) is 3.37. The highest BCUT2D eigenvalue weighted by Gasteiger charge is 2.21. The fraction of sp³-hybridized carbons (Fsp3) is 0.353. The fourth-order valence-corrected chi connectivity index (χ4v) is 3.41. The molecule has 1 aromatic carbocycles. The van der Waals surface area contributed by atoms with Crippen LogP contribution in [0.1, 0.15) is 23.4 Å². The lowest BCUT2D eigenvalue weighted by atomic mass is 10.2. The van der Waals surface area contributed by atoms with Gasteiger partial charge in [-0.1, -0.05) is 5.10 Å². The van der Waals surface area contributed by atoms with E-state index in [-0.39, 0.29) is 6.79 Å². The number of aryl methyl sites for hydroxylation is 2. The van der Waals surface area contributed by atoms with Crippen LogP contribution < -0.4 is 14.8 Å². The van der Waals surface area contributed by atoms with E-state index >= 15 is 0 Å². The van der Waals surface area contributed by atoms with Gasteiger partial charge in [0.2, 0.25) is 12.7 Å². The highest BCUT2D eigenvalue weighted by molar-refractivity contribution is 5.60. The van der Waals surface area contributed by atoms with Gasteiger partial charge in [0.05, 0.1) is 17.9 Å². The lowest BCUT2D eigenvalue weighted by Gasteiger charge is -2.05. The lowest BCUT2D eigenvalue weighted by Crippen LogP contribution is -2.07. The van der Waals surface area contributed by atoms with Crippen molar-refractivity contribution in [2.24, 2.45) is 7.05 Å². The van der Waals surface area contributed by atoms with Crippen molar-refractivity contribution in [3.63, 3.8) is 0 Å². The average molecular weight is 339 g/mol. The maximum atomic E-state index is 5.73. The van der Waals surface area contributed by atoms with E-state index in [1.54, 1.807) is 0 Å². The van der Waals surface area contributed by atoms with Gasteiger partial charge >= 0.3 is 6.01 Å². The van der Waals surface area contributed by atoms with Crippen LogP contribution in [0.4, 0.5) is 6.01 Å². The third kappa shape index (κ3) is 2.41. The Bertz CT molecular complexity index is 946. The Kier molecular flexibility index (Phi) is 3.16. The smallest absolute Gasteiger partial charge is 0.316 e. The zero-order chi connectivity index (χ0) is 16.8. The molecule has 0 fully saturated rings. The summed E-state index contributed by atoms with van der Waals surface area (Å²) in [4.78, 5) is 0. The van der Waals surface area contributed by atoms with Crippen LogP contribution in [0.25, 0.3) is 11.5 Å². The SMILES string of the molecule is Cn1nc2c(c1CNc1nnc(-c3ccc4c(c3)OCO4)o1)CCC2. The summed E-state index contributed by atoms with van der Waals surface area (Å²) in [6.07, 6.45) is 3.34. The molecular formula is C17H17N5O3. The molecule has 8 heteroatoms. The number of hydrogen-bond acceptors (Lipinski definition) is 7. The lowest BCUT2D eigenvalue weighted by molar-refractivity contribution is 0.174. The molecule has 0 saturated heterocycles. The molecule has 3 heterocycles. The first-order chi connectivity index (χ1) is 12.3. The summed E-state index contributed by atoms with van der Waals surface area (Å²) in [7, 11) is 1.97. The summed E-state index contributed by atoms with van der Waals surface area (Å²) >= 11 is 0. The summed E-state index contributed by atoms with van der Waals surface area (Å²) in [6.45, 7) is 0.853. The first-order valence-corrected chi connectivity index (χ1v) is 8.29. The number of aromatic nitrogens is 4. The van der Waals surface area contributed by atoms with Gasteiger partial charge in [-0.2, -0.15) is 5.10 Å². The van der Waals surface area contributed by atoms with Crippen LogP contribution in [0.15, 0.2) is 22.6 Å². The van der Waals surface area contributed by atoms with Crippen molar-refractivity contribution in [3.8, 4) is 23.0 Å². The van der Waals surface area contributed by atoms with E-state index in [1.165, 1.54) is 23.4 Å². The zero-order valence-electron chi connectivity index (χ0n) is 13.8. The Morgan fingerprint density at radius 2 is 2.08 bits per heavy atom. The molecule has 2 aromatic heterocycles. The Labute approximate surface area is 143 Å². The molecule has 8 nitrogen and oxygen atoms in total. The van der Waals surface area contributed by atoms with E-state index in [9.17, 15) is 0 Å². The quantitative estimate of drug-likeness (QED) is 0.780. The number of nitrogens with one attached hydrogen (secondary N) is 1. The minimum atomic E-state index is 0.241. The number of anilines is 1. The molecule has 25 heavy (non-hydrogen) atoms. The molecule has 3 aromatic rings. The van der Waals surface area contributed by atoms with E-state index in [1.807, 2.05) is 29.9 Å². The molecule has 0 saturated carbocycles. The van der Waals surface area contributed by atoms with Crippen molar-refractivity contribution in [3.05, 3.63) is 35.2 Å². The van der Waals surface area contributed by atoms with E-state index in [4.69, 9.17) is 13.9 Å². The number of hydrogen-bond donors (Lipinski definition) is 1. The maximum absolute atomic E-state index is 5.73. The van der Waals surface area contributed by atoms with Crippen molar-refractivity contribution in [1.29, 1.82) is 0 Å². The van der Waals surface area contributed by atoms with Crippen molar-refractivity contribution in [1.82, 2.24) is 20.0 Å². The van der Waals surface area contributed by atoms with E-state index in [2.05, 4.69) is 20.6 Å². The third-order valence-corrected chi connectivity index (χ3v) is 4.65. The van der Waals surface area contributed by atoms with Crippen molar-refractivity contribution >= 4 is 6.01 Å². The van der Waals surface area contributed by atoms with Crippen LogP contribution in [0.3, 0.4) is 0 Å². The molecule has 0 radical (unpaired) electrons. The minimum absolute atomic E-state index is 0.241. The third-order valence-electron chi connectivity index (χ3n) is 4.65. The van der Waals surface area contributed by atoms with Gasteiger partial charge in [0, 0.05) is 12.6 Å². The molecule has 0 spiro atoms. The van der Waals surface area contributed by atoms with Crippen LogP contribution in [-0.4, -0.2) is 26.8 Å². The first-order valence-electron chi connectivity index (χ1n) is 8.29. The summed E-state index contributed by atoms with van der Waals surface area (Å²) in [6, 6.07) is 5.95. The molecule has 2 aliphatic rings. The second-order valence-corrected chi connectivity index (χ2v) is 6.18. The molecule has 1 N–H and O–H groups in total. The van der Waals surface area contributed by atoms with Gasteiger partial charge in [0.15, 0.2) is 11.5 Å². The molecule has 0 amide bonds. The molecule has 1 aliphatic carbocycles. The number of fused-ring (bicyclic) bond motifs is 2. The van der Waals surface area contributed by atoms with E-state index in [0.29, 0.717) is 24.2 Å². The second-order valence-electron chi connectivity index (χ2n) is 6.18. The molecule has 0 atom stereocenters. The van der Waals surface area contributed by atoms with Gasteiger partial charge in [0.1, 0.15) is 0 Å². The first kappa shape index (κ1) is 14.3. The highest BCUT2D eigenvalue weighted by Crippen LogP contribution is 2.35. The topological polar surface area (TPSA) is 87.2 Å². The van der Waals surface area contributed by atoms with E-state index in [0.717, 1.165) is 24.2 Å². The van der Waals surface area contributed by atoms with Crippen molar-refractivity contribution < 1.29 is 13.9 Å². The fourth-order valence-electron chi connectivity index (χ4n) is 3.41. The Balaban J connectivity index is 1.34. The van der Waals surface area contributed by atoms with Crippen LogP contribution in [-0.2, 0) is 26.4 Å². The Hall–Kier alpha value is -3.03. The van der Waals surface area contributed by atoms with Gasteiger partial charge in [-0.15, -0.1) is 5.10 Å². The number of nitrogens with zero attached hydrogens (tertiary/aromatic N) is 4. The zero-order valence-corrected chi connectivity index (χ0v) is 13.8. The Morgan fingerprint density at radius 3 is 3.04 bits per heavy atom. The van der Waals surface area contributed by atoms with Crippen LogP contribution in [0.5, 0.6) is 11.5 Å². The van der Waals surface area contributed by atoms with Crippen LogP contribution >= 0.6 is 0 Å². The largest absolute Gasteiger partial charge is 0.454 e. The predicted molar refractivity (Wildman–Crippen MR) is 88.4 cm³/mol. The molecular weight excluding hydrogens is 322 g/mol. The van der Waals surface area contributed by atoms with Gasteiger partial charge in [-0.05, 0) is 43.0 Å². The number of benzene rings is 1. The van der Waals surface area contributed by atoms with E-state index < -0.39 is 0 Å². The summed E-state index contributed by atoms with van der Waals surface area (Å²) in [5.74, 6) is 1.86. The maximum Gasteiger partial charge on any atom is 0.316 e. The normalized spacial score (nSPS) is 14.8. The monoisotopic (exact) mass is 339 g/mol. The number of rotatable bonds is 4. The molecule has 0 bridgehead atoms. The number of ether oxygens (including phenoxy) is 2. The summed E-state index contributed by atoms with van der Waals surface area (Å²) in [5, 5.41) is 16.0. The summed E-state index contributed by atoms with van der Waals surface area (Å²) < 4.78 is 18.4. The van der Waals surface area contributed by atoms with Crippen molar-refractivity contribution in [2.75, 3.05) is 12.1 Å². The molecule has 5 rings (SSSR count). The molecule has 1 aliphatic heterocycles.